The third-order valence-electron chi connectivity index (χ3n) is 17.6. The van der Waals surface area contributed by atoms with Crippen LogP contribution in [0.25, 0.3) is 0 Å². The summed E-state index contributed by atoms with van der Waals surface area (Å²) < 4.78 is 17.0. The molecule has 1 unspecified atom stereocenters. The van der Waals surface area contributed by atoms with Crippen molar-refractivity contribution in [1.82, 2.24) is 0 Å². The topological polar surface area (TPSA) is 78.9 Å². The first-order chi connectivity index (χ1) is 40.0. The summed E-state index contributed by atoms with van der Waals surface area (Å²) in [7, 11) is 0. The van der Waals surface area contributed by atoms with E-state index >= 15 is 0 Å². The molecule has 482 valence electrons. The average molecular weight is 1140 g/mol. The van der Waals surface area contributed by atoms with Gasteiger partial charge in [-0.2, -0.15) is 0 Å². The van der Waals surface area contributed by atoms with Gasteiger partial charge >= 0.3 is 17.9 Å². The zero-order valence-electron chi connectivity index (χ0n) is 55.6. The van der Waals surface area contributed by atoms with Crippen LogP contribution in [-0.4, -0.2) is 37.2 Å². The summed E-state index contributed by atoms with van der Waals surface area (Å²) in [6.45, 7) is 6.74. The third kappa shape index (κ3) is 69.1. The molecule has 0 aromatic heterocycles. The van der Waals surface area contributed by atoms with Gasteiger partial charge in [0.05, 0.1) is 0 Å². The lowest BCUT2D eigenvalue weighted by Gasteiger charge is -2.18. The number of ether oxygens (including phenoxy) is 3. The summed E-state index contributed by atoms with van der Waals surface area (Å²) in [4.78, 5) is 38.4. The molecule has 6 heteroatoms. The van der Waals surface area contributed by atoms with Crippen LogP contribution in [0.5, 0.6) is 0 Å². The van der Waals surface area contributed by atoms with Crippen LogP contribution in [0.4, 0.5) is 0 Å². The second kappa shape index (κ2) is 70.9. The van der Waals surface area contributed by atoms with Crippen molar-refractivity contribution in [1.29, 1.82) is 0 Å². The van der Waals surface area contributed by atoms with Gasteiger partial charge in [0.1, 0.15) is 13.2 Å². The van der Waals surface area contributed by atoms with Crippen LogP contribution < -0.4 is 0 Å². The lowest BCUT2D eigenvalue weighted by Crippen LogP contribution is -2.30. The molecule has 0 heterocycles. The highest BCUT2D eigenvalue weighted by atomic mass is 16.6. The van der Waals surface area contributed by atoms with Gasteiger partial charge < -0.3 is 14.2 Å². The predicted molar refractivity (Wildman–Crippen MR) is 354 cm³/mol. The molecule has 0 fully saturated rings. The van der Waals surface area contributed by atoms with E-state index in [1.807, 2.05) is 0 Å². The van der Waals surface area contributed by atoms with Crippen molar-refractivity contribution < 1.29 is 28.6 Å². The SMILES string of the molecule is CCCCCCCCCCCCCCCCCCCCCCCCCCCCCCCCCCCCCC(=O)OCC(COC(=O)CCCCCCCCCCCCCCCC)OC(=O)CCCCCCCCCCCCCCCC. The molecule has 0 aliphatic heterocycles. The Hall–Kier alpha value is -1.59. The molecule has 6 nitrogen and oxygen atoms in total. The molecule has 0 N–H and O–H groups in total. The molecule has 0 aliphatic carbocycles. The number of unbranched alkanes of at least 4 members (excludes halogenated alkanes) is 60. The number of rotatable bonds is 71. The minimum atomic E-state index is -0.763. The van der Waals surface area contributed by atoms with Gasteiger partial charge in [-0.05, 0) is 19.3 Å². The second-order valence-electron chi connectivity index (χ2n) is 25.9. The fourth-order valence-corrected chi connectivity index (χ4v) is 12.0. The molecule has 81 heavy (non-hydrogen) atoms. The molecule has 0 aliphatic rings. The molecule has 0 saturated heterocycles. The van der Waals surface area contributed by atoms with Crippen molar-refractivity contribution in [3.63, 3.8) is 0 Å². The third-order valence-corrected chi connectivity index (χ3v) is 17.6. The fraction of sp³-hybridized carbons (Fsp3) is 0.960. The van der Waals surface area contributed by atoms with Crippen molar-refractivity contribution in [2.24, 2.45) is 0 Å². The number of carbonyl (C=O) groups excluding carboxylic acids is 3. The van der Waals surface area contributed by atoms with E-state index < -0.39 is 6.10 Å². The molecule has 1 atom stereocenters. The molecule has 0 spiro atoms. The van der Waals surface area contributed by atoms with E-state index in [0.717, 1.165) is 57.8 Å². The van der Waals surface area contributed by atoms with Gasteiger partial charge in [-0.3, -0.25) is 14.4 Å². The maximum absolute atomic E-state index is 12.9. The van der Waals surface area contributed by atoms with Crippen LogP contribution in [0, 0.1) is 0 Å². The first kappa shape index (κ1) is 79.4. The van der Waals surface area contributed by atoms with E-state index in [1.165, 1.54) is 347 Å². The van der Waals surface area contributed by atoms with Crippen LogP contribution in [0.2, 0.25) is 0 Å². The maximum Gasteiger partial charge on any atom is 0.306 e. The quantitative estimate of drug-likeness (QED) is 0.0343. The Morgan fingerprint density at radius 2 is 0.333 bits per heavy atom. The summed E-state index contributed by atoms with van der Waals surface area (Å²) in [5.41, 5.74) is 0. The first-order valence-corrected chi connectivity index (χ1v) is 37.5. The smallest absolute Gasteiger partial charge is 0.306 e. The highest BCUT2D eigenvalue weighted by Gasteiger charge is 2.20. The number of hydrogen-bond acceptors (Lipinski definition) is 6. The Kier molecular flexibility index (Phi) is 69.5. The largest absolute Gasteiger partial charge is 0.462 e. The Morgan fingerprint density at radius 1 is 0.198 bits per heavy atom. The zero-order valence-corrected chi connectivity index (χ0v) is 55.6. The van der Waals surface area contributed by atoms with Crippen LogP contribution in [0.1, 0.15) is 445 Å². The summed E-state index contributed by atoms with van der Waals surface area (Å²) in [6, 6.07) is 0. The molecule has 0 radical (unpaired) electrons. The lowest BCUT2D eigenvalue weighted by atomic mass is 10.0. The highest BCUT2D eigenvalue weighted by molar-refractivity contribution is 5.71. The van der Waals surface area contributed by atoms with Crippen LogP contribution in [0.15, 0.2) is 0 Å². The van der Waals surface area contributed by atoms with Gasteiger partial charge in [-0.15, -0.1) is 0 Å². The number of carbonyl (C=O) groups is 3. The second-order valence-corrected chi connectivity index (χ2v) is 25.9. The first-order valence-electron chi connectivity index (χ1n) is 37.5. The predicted octanol–water partition coefficient (Wildman–Crippen LogP) is 25.8. The zero-order chi connectivity index (χ0) is 58.5. The Labute approximate surface area is 508 Å². The van der Waals surface area contributed by atoms with Gasteiger partial charge in [0.2, 0.25) is 0 Å². The highest BCUT2D eigenvalue weighted by Crippen LogP contribution is 2.20. The minimum Gasteiger partial charge on any atom is -0.462 e. The van der Waals surface area contributed by atoms with E-state index in [4.69, 9.17) is 14.2 Å². The van der Waals surface area contributed by atoms with Crippen molar-refractivity contribution in [3.05, 3.63) is 0 Å². The summed E-state index contributed by atoms with van der Waals surface area (Å²) in [5.74, 6) is -0.822. The normalized spacial score (nSPS) is 11.9. The minimum absolute atomic E-state index is 0.0604. The van der Waals surface area contributed by atoms with Crippen molar-refractivity contribution in [2.45, 2.75) is 451 Å². The molecule has 0 saturated carbocycles. The maximum atomic E-state index is 12.9. The summed E-state index contributed by atoms with van der Waals surface area (Å²) in [6.07, 6.45) is 84.6. The van der Waals surface area contributed by atoms with Gasteiger partial charge in [0.15, 0.2) is 6.10 Å². The number of hydrogen-bond donors (Lipinski definition) is 0. The number of esters is 3. The molecule has 0 bridgehead atoms. The molecule has 0 aromatic rings. The van der Waals surface area contributed by atoms with Gasteiger partial charge in [0, 0.05) is 19.3 Å². The Morgan fingerprint density at radius 3 is 0.494 bits per heavy atom. The van der Waals surface area contributed by atoms with Crippen molar-refractivity contribution >= 4 is 17.9 Å². The van der Waals surface area contributed by atoms with E-state index in [-0.39, 0.29) is 31.1 Å². The summed E-state index contributed by atoms with van der Waals surface area (Å²) in [5, 5.41) is 0. The average Bonchev–Trinajstić information content (AvgIpc) is 3.47. The molecular weight excluding hydrogens is 997 g/mol. The van der Waals surface area contributed by atoms with Gasteiger partial charge in [-0.25, -0.2) is 0 Å². The van der Waals surface area contributed by atoms with E-state index in [0.29, 0.717) is 19.3 Å². The van der Waals surface area contributed by atoms with E-state index in [1.54, 1.807) is 0 Å². The van der Waals surface area contributed by atoms with Crippen LogP contribution >= 0.6 is 0 Å². The summed E-state index contributed by atoms with van der Waals surface area (Å²) >= 11 is 0. The lowest BCUT2D eigenvalue weighted by molar-refractivity contribution is -0.167. The van der Waals surface area contributed by atoms with E-state index in [9.17, 15) is 14.4 Å². The standard InChI is InChI=1S/C75H146O6/c1-4-7-10-13-16-19-22-25-28-29-30-31-32-33-34-35-36-37-38-39-40-41-42-43-44-45-46-47-48-51-53-56-59-62-65-68-74(77)80-71-72(81-75(78)69-66-63-60-57-54-50-27-24-21-18-15-12-9-6-3)70-79-73(76)67-64-61-58-55-52-49-26-23-20-17-14-11-8-5-2/h72H,4-71H2,1-3H3. The van der Waals surface area contributed by atoms with Crippen LogP contribution in [0.3, 0.4) is 0 Å². The Balaban J connectivity index is 4.00. The molecule has 0 amide bonds. The van der Waals surface area contributed by atoms with Crippen molar-refractivity contribution in [3.8, 4) is 0 Å². The van der Waals surface area contributed by atoms with Gasteiger partial charge in [-0.1, -0.05) is 406 Å². The van der Waals surface area contributed by atoms with Crippen molar-refractivity contribution in [2.75, 3.05) is 13.2 Å². The fourth-order valence-electron chi connectivity index (χ4n) is 12.0. The van der Waals surface area contributed by atoms with Gasteiger partial charge in [0.25, 0.3) is 0 Å². The monoisotopic (exact) mass is 1140 g/mol. The molecule has 0 aromatic carbocycles. The van der Waals surface area contributed by atoms with Crippen LogP contribution in [-0.2, 0) is 28.6 Å². The Bertz CT molecular complexity index is 1220. The molecule has 0 rings (SSSR count). The molecular formula is C75H146O6. The van der Waals surface area contributed by atoms with E-state index in [2.05, 4.69) is 20.8 Å².